The first-order chi connectivity index (χ1) is 15.8. The van der Waals surface area contributed by atoms with Crippen molar-refractivity contribution in [2.75, 3.05) is 23.7 Å². The lowest BCUT2D eigenvalue weighted by Crippen LogP contribution is -2.40. The van der Waals surface area contributed by atoms with Crippen LogP contribution < -0.4 is 19.1 Å². The summed E-state index contributed by atoms with van der Waals surface area (Å²) in [5.74, 6) is 1.10. The minimum atomic E-state index is -3.53. The van der Waals surface area contributed by atoms with Crippen LogP contribution in [0.25, 0.3) is 0 Å². The maximum absolute atomic E-state index is 12.6. The number of ether oxygens (including phenoxy) is 2. The molecule has 7 nitrogen and oxygen atoms in total. The molecule has 4 rings (SSSR count). The Morgan fingerprint density at radius 2 is 1.79 bits per heavy atom. The predicted octanol–water partition coefficient (Wildman–Crippen LogP) is 3.88. The van der Waals surface area contributed by atoms with Gasteiger partial charge in [-0.1, -0.05) is 41.9 Å². The zero-order valence-electron chi connectivity index (χ0n) is 17.9. The number of benzene rings is 3. The molecule has 0 saturated heterocycles. The first-order valence-electron chi connectivity index (χ1n) is 10.3. The molecule has 1 aliphatic heterocycles. The molecule has 0 bridgehead atoms. The summed E-state index contributed by atoms with van der Waals surface area (Å²) in [7, 11) is -3.53. The maximum Gasteiger partial charge on any atom is 0.251 e. The van der Waals surface area contributed by atoms with Crippen molar-refractivity contribution >= 4 is 33.2 Å². The fraction of sp³-hybridized carbons (Fsp3) is 0.208. The molecular formula is C24H23ClN2O5S. The van der Waals surface area contributed by atoms with Gasteiger partial charge in [-0.05, 0) is 48.0 Å². The van der Waals surface area contributed by atoms with Crippen LogP contribution in [0.2, 0.25) is 5.02 Å². The number of carbonyl (C=O) groups excluding carboxylic acids is 1. The summed E-state index contributed by atoms with van der Waals surface area (Å²) in [4.78, 5) is 12.6. The minimum absolute atomic E-state index is 0.119. The molecule has 1 unspecified atom stereocenters. The molecule has 3 aromatic rings. The average molecular weight is 487 g/mol. The first kappa shape index (κ1) is 22.9. The Kier molecular flexibility index (Phi) is 6.76. The van der Waals surface area contributed by atoms with E-state index < -0.39 is 10.0 Å². The number of fused-ring (bicyclic) bond motifs is 1. The number of anilines is 1. The van der Waals surface area contributed by atoms with Gasteiger partial charge in [0.2, 0.25) is 10.0 Å². The molecule has 9 heteroatoms. The standard InChI is InChI=1S/C24H23ClN2O5S/c1-33(29,30)27(20-6-4-5-19(25)13-20)15-17-9-11-18(12-10-17)24(28)26-14-21-16-31-22-7-2-3-8-23(22)32-21/h2-13,21H,14-16H2,1H3,(H,26,28). The van der Waals surface area contributed by atoms with Gasteiger partial charge in [-0.3, -0.25) is 9.10 Å². The van der Waals surface area contributed by atoms with E-state index in [1.807, 2.05) is 24.3 Å². The molecule has 0 spiro atoms. The number of nitrogens with zero attached hydrogens (tertiary/aromatic N) is 1. The summed E-state index contributed by atoms with van der Waals surface area (Å²) >= 11 is 6.03. The molecule has 1 N–H and O–H groups in total. The molecule has 33 heavy (non-hydrogen) atoms. The number of nitrogens with one attached hydrogen (secondary N) is 1. The fourth-order valence-corrected chi connectivity index (χ4v) is 4.50. The highest BCUT2D eigenvalue weighted by molar-refractivity contribution is 7.92. The van der Waals surface area contributed by atoms with E-state index in [0.29, 0.717) is 40.9 Å². The van der Waals surface area contributed by atoms with E-state index in [0.717, 1.165) is 11.8 Å². The lowest BCUT2D eigenvalue weighted by atomic mass is 10.1. The van der Waals surface area contributed by atoms with E-state index in [1.165, 1.54) is 4.31 Å². The minimum Gasteiger partial charge on any atom is -0.486 e. The molecule has 1 amide bonds. The van der Waals surface area contributed by atoms with Crippen LogP contribution in [0.15, 0.2) is 72.8 Å². The van der Waals surface area contributed by atoms with Gasteiger partial charge in [0, 0.05) is 10.6 Å². The second-order valence-corrected chi connectivity index (χ2v) is 10.00. The molecule has 0 saturated carbocycles. The van der Waals surface area contributed by atoms with Gasteiger partial charge in [-0.15, -0.1) is 0 Å². The highest BCUT2D eigenvalue weighted by Gasteiger charge is 2.22. The van der Waals surface area contributed by atoms with Crippen LogP contribution in [0.4, 0.5) is 5.69 Å². The van der Waals surface area contributed by atoms with Crippen molar-refractivity contribution in [1.29, 1.82) is 0 Å². The van der Waals surface area contributed by atoms with Gasteiger partial charge in [0.15, 0.2) is 11.5 Å². The monoisotopic (exact) mass is 486 g/mol. The molecule has 1 heterocycles. The van der Waals surface area contributed by atoms with E-state index in [2.05, 4.69) is 5.32 Å². The summed E-state index contributed by atoms with van der Waals surface area (Å²) < 4.78 is 37.4. The van der Waals surface area contributed by atoms with Crippen molar-refractivity contribution in [3.05, 3.63) is 88.9 Å². The molecule has 172 valence electrons. The van der Waals surface area contributed by atoms with Crippen LogP contribution in [-0.4, -0.2) is 39.8 Å². The molecule has 1 aliphatic rings. The lowest BCUT2D eigenvalue weighted by molar-refractivity contribution is 0.0789. The highest BCUT2D eigenvalue weighted by atomic mass is 35.5. The Labute approximate surface area is 197 Å². The van der Waals surface area contributed by atoms with Crippen LogP contribution in [0.1, 0.15) is 15.9 Å². The number of carbonyl (C=O) groups is 1. The third-order valence-electron chi connectivity index (χ3n) is 5.10. The van der Waals surface area contributed by atoms with E-state index in [9.17, 15) is 13.2 Å². The SMILES string of the molecule is CS(=O)(=O)N(Cc1ccc(C(=O)NCC2COc3ccccc3O2)cc1)c1cccc(Cl)c1. The second-order valence-electron chi connectivity index (χ2n) is 7.65. The Bertz CT molecular complexity index is 1250. The lowest BCUT2D eigenvalue weighted by Gasteiger charge is -2.26. The first-order valence-corrected chi connectivity index (χ1v) is 12.5. The van der Waals surface area contributed by atoms with Gasteiger partial charge >= 0.3 is 0 Å². The van der Waals surface area contributed by atoms with Crippen molar-refractivity contribution in [2.24, 2.45) is 0 Å². The summed E-state index contributed by atoms with van der Waals surface area (Å²) in [6, 6.07) is 20.8. The van der Waals surface area contributed by atoms with Crippen LogP contribution in [0, 0.1) is 0 Å². The van der Waals surface area contributed by atoms with Gasteiger partial charge in [0.25, 0.3) is 5.91 Å². The van der Waals surface area contributed by atoms with E-state index in [4.69, 9.17) is 21.1 Å². The summed E-state index contributed by atoms with van der Waals surface area (Å²) in [6.45, 7) is 0.764. The molecule has 0 fully saturated rings. The van der Waals surface area contributed by atoms with Gasteiger partial charge in [-0.25, -0.2) is 8.42 Å². The largest absolute Gasteiger partial charge is 0.486 e. The topological polar surface area (TPSA) is 84.9 Å². The number of sulfonamides is 1. The molecule has 3 aromatic carbocycles. The van der Waals surface area contributed by atoms with Crippen molar-refractivity contribution in [3.63, 3.8) is 0 Å². The van der Waals surface area contributed by atoms with Crippen molar-refractivity contribution in [2.45, 2.75) is 12.6 Å². The van der Waals surface area contributed by atoms with E-state index >= 15 is 0 Å². The van der Waals surface area contributed by atoms with Gasteiger partial charge in [-0.2, -0.15) is 0 Å². The Balaban J connectivity index is 1.38. The number of amides is 1. The van der Waals surface area contributed by atoms with Crippen LogP contribution >= 0.6 is 11.6 Å². The van der Waals surface area contributed by atoms with Gasteiger partial charge in [0.1, 0.15) is 12.7 Å². The number of rotatable bonds is 7. The summed E-state index contributed by atoms with van der Waals surface area (Å²) in [5.41, 5.74) is 1.67. The van der Waals surface area contributed by atoms with Crippen LogP contribution in [0.3, 0.4) is 0 Å². The number of halogens is 1. The number of para-hydroxylation sites is 2. The second kappa shape index (κ2) is 9.72. The molecule has 0 aliphatic carbocycles. The molecule has 1 atom stereocenters. The van der Waals surface area contributed by atoms with Crippen molar-refractivity contribution in [1.82, 2.24) is 5.32 Å². The predicted molar refractivity (Wildman–Crippen MR) is 128 cm³/mol. The number of hydrogen-bond acceptors (Lipinski definition) is 5. The highest BCUT2D eigenvalue weighted by Crippen LogP contribution is 2.30. The maximum atomic E-state index is 12.6. The van der Waals surface area contributed by atoms with Crippen LogP contribution in [-0.2, 0) is 16.6 Å². The third-order valence-corrected chi connectivity index (χ3v) is 6.47. The average Bonchev–Trinajstić information content (AvgIpc) is 2.80. The zero-order valence-corrected chi connectivity index (χ0v) is 19.5. The van der Waals surface area contributed by atoms with E-state index in [1.54, 1.807) is 48.5 Å². The van der Waals surface area contributed by atoms with Crippen molar-refractivity contribution < 1.29 is 22.7 Å². The quantitative estimate of drug-likeness (QED) is 0.548. The molecule has 0 aromatic heterocycles. The molecular weight excluding hydrogens is 464 g/mol. The smallest absolute Gasteiger partial charge is 0.251 e. The fourth-order valence-electron chi connectivity index (χ4n) is 3.43. The Morgan fingerprint density at radius 1 is 1.06 bits per heavy atom. The van der Waals surface area contributed by atoms with E-state index in [-0.39, 0.29) is 18.6 Å². The number of hydrogen-bond donors (Lipinski definition) is 1. The van der Waals surface area contributed by atoms with Gasteiger partial charge in [0.05, 0.1) is 25.0 Å². The summed E-state index contributed by atoms with van der Waals surface area (Å²) in [6.07, 6.45) is 0.856. The summed E-state index contributed by atoms with van der Waals surface area (Å²) in [5, 5.41) is 3.30. The van der Waals surface area contributed by atoms with Crippen LogP contribution in [0.5, 0.6) is 11.5 Å². The third kappa shape index (κ3) is 5.77. The molecule has 0 radical (unpaired) electrons. The Morgan fingerprint density at radius 3 is 2.48 bits per heavy atom. The normalized spacial score (nSPS) is 15.0. The zero-order chi connectivity index (χ0) is 23.4. The van der Waals surface area contributed by atoms with Crippen molar-refractivity contribution in [3.8, 4) is 11.5 Å². The van der Waals surface area contributed by atoms with Gasteiger partial charge < -0.3 is 14.8 Å². The Hall–Kier alpha value is -3.23.